The van der Waals surface area contributed by atoms with Crippen molar-refractivity contribution in [1.29, 1.82) is 0 Å². The molecular weight excluding hydrogens is 512 g/mol. The van der Waals surface area contributed by atoms with Crippen LogP contribution in [0.15, 0.2) is 40.9 Å². The summed E-state index contributed by atoms with van der Waals surface area (Å²) in [5, 5.41) is 4.69. The monoisotopic (exact) mass is 542 g/mol. The van der Waals surface area contributed by atoms with E-state index in [1.54, 1.807) is 12.1 Å². The fraction of sp³-hybridized carbons (Fsp3) is 0.440. The van der Waals surface area contributed by atoms with Crippen LogP contribution in [0, 0.1) is 5.92 Å². The number of hydrogen-bond acceptors (Lipinski definition) is 10. The quantitative estimate of drug-likeness (QED) is 0.330. The van der Waals surface area contributed by atoms with E-state index in [1.165, 1.54) is 11.3 Å². The van der Waals surface area contributed by atoms with Crippen molar-refractivity contribution in [3.63, 3.8) is 0 Å². The first-order valence-electron chi connectivity index (χ1n) is 12.3. The minimum Gasteiger partial charge on any atom is -0.467 e. The lowest BCUT2D eigenvalue weighted by Crippen LogP contribution is -2.38. The summed E-state index contributed by atoms with van der Waals surface area (Å²) in [6.07, 6.45) is 3.09. The van der Waals surface area contributed by atoms with Gasteiger partial charge in [-0.2, -0.15) is 4.98 Å². The number of rotatable bonds is 8. The second kappa shape index (κ2) is 10.3. The van der Waals surface area contributed by atoms with Gasteiger partial charge in [0.2, 0.25) is 10.0 Å². The number of anilines is 2. The molecule has 12 heteroatoms. The molecule has 1 atom stereocenters. The molecule has 196 valence electrons. The van der Waals surface area contributed by atoms with Crippen molar-refractivity contribution in [2.24, 2.45) is 5.92 Å². The van der Waals surface area contributed by atoms with E-state index in [1.807, 2.05) is 24.3 Å². The molecule has 0 radical (unpaired) electrons. The summed E-state index contributed by atoms with van der Waals surface area (Å²) < 4.78 is 37.0. The Morgan fingerprint density at radius 3 is 2.43 bits per heavy atom. The molecule has 3 aromatic heterocycles. The molecule has 10 nitrogen and oxygen atoms in total. The highest BCUT2D eigenvalue weighted by molar-refractivity contribution is 7.92. The molecule has 1 aliphatic rings. The fourth-order valence-electron chi connectivity index (χ4n) is 4.34. The maximum absolute atomic E-state index is 11.4. The molecule has 1 aliphatic heterocycles. The molecule has 0 spiro atoms. The van der Waals surface area contributed by atoms with Crippen LogP contribution in [0.4, 0.5) is 11.7 Å². The van der Waals surface area contributed by atoms with Gasteiger partial charge in [0.15, 0.2) is 5.82 Å². The second-order valence-electron chi connectivity index (χ2n) is 9.69. The van der Waals surface area contributed by atoms with Crippen molar-refractivity contribution in [1.82, 2.24) is 20.1 Å². The van der Waals surface area contributed by atoms with Crippen molar-refractivity contribution < 1.29 is 17.7 Å². The van der Waals surface area contributed by atoms with Crippen molar-refractivity contribution >= 4 is 43.4 Å². The van der Waals surface area contributed by atoms with Gasteiger partial charge >= 0.3 is 6.01 Å². The number of piperidine rings is 1. The summed E-state index contributed by atoms with van der Waals surface area (Å²) in [6, 6.07) is 11.6. The van der Waals surface area contributed by atoms with Gasteiger partial charge in [0.25, 0.3) is 5.19 Å². The zero-order valence-electron chi connectivity index (χ0n) is 21.2. The first kappa shape index (κ1) is 25.4. The molecule has 37 heavy (non-hydrogen) atoms. The molecule has 1 saturated heterocycles. The highest BCUT2D eigenvalue weighted by Gasteiger charge is 2.28. The molecule has 4 heterocycles. The van der Waals surface area contributed by atoms with Crippen LogP contribution >= 0.6 is 11.3 Å². The molecule has 0 amide bonds. The number of nitrogens with one attached hydrogen (secondary N) is 1. The number of benzene rings is 1. The summed E-state index contributed by atoms with van der Waals surface area (Å²) >= 11 is 1.43. The van der Waals surface area contributed by atoms with Gasteiger partial charge in [0.05, 0.1) is 11.9 Å². The number of ether oxygens (including phenoxy) is 1. The van der Waals surface area contributed by atoms with E-state index >= 15 is 0 Å². The van der Waals surface area contributed by atoms with E-state index in [0.717, 1.165) is 59.6 Å². The van der Waals surface area contributed by atoms with Crippen molar-refractivity contribution in [3.05, 3.63) is 42.2 Å². The molecule has 1 fully saturated rings. The van der Waals surface area contributed by atoms with Crippen LogP contribution in [0.1, 0.15) is 45.4 Å². The van der Waals surface area contributed by atoms with Crippen LogP contribution in [-0.2, 0) is 10.0 Å². The van der Waals surface area contributed by atoms with E-state index in [9.17, 15) is 8.42 Å². The first-order valence-corrected chi connectivity index (χ1v) is 15.0. The zero-order chi connectivity index (χ0) is 26.2. The first-order chi connectivity index (χ1) is 17.6. The lowest BCUT2D eigenvalue weighted by atomic mass is 9.92. The number of fused-ring (bicyclic) bond motifs is 1. The Balaban J connectivity index is 1.21. The Morgan fingerprint density at radius 1 is 1.05 bits per heavy atom. The molecule has 1 unspecified atom stereocenters. The van der Waals surface area contributed by atoms with Gasteiger partial charge in [-0.3, -0.25) is 4.72 Å². The van der Waals surface area contributed by atoms with E-state index in [-0.39, 0.29) is 12.0 Å². The molecule has 0 aliphatic carbocycles. The molecule has 4 aromatic rings. The summed E-state index contributed by atoms with van der Waals surface area (Å²) in [5.74, 6) is 1.38. The minimum atomic E-state index is -3.31. The summed E-state index contributed by atoms with van der Waals surface area (Å²) in [7, 11) is -3.31. The van der Waals surface area contributed by atoms with E-state index in [2.05, 4.69) is 45.5 Å². The van der Waals surface area contributed by atoms with Gasteiger partial charge < -0.3 is 14.2 Å². The van der Waals surface area contributed by atoms with Crippen LogP contribution in [0.3, 0.4) is 0 Å². The normalized spacial score (nSPS) is 15.9. The highest BCUT2D eigenvalue weighted by Crippen LogP contribution is 2.32. The maximum Gasteiger partial charge on any atom is 0.324 e. The Hall–Kier alpha value is -3.25. The van der Waals surface area contributed by atoms with Crippen molar-refractivity contribution in [2.45, 2.75) is 45.6 Å². The third kappa shape index (κ3) is 6.02. The standard InChI is InChI=1S/C25H30N6O4S2/c1-15(2)22-28-24(35-29-22)31-13-11-17(12-14-31)16(3)34-25-27-21-10-9-20(26-23(21)36-25)18-5-7-19(8-6-18)30-37(4,32)33/h5-10,15-17,30H,11-14H2,1-4H3. The average Bonchev–Trinajstić information content (AvgIpc) is 3.50. The summed E-state index contributed by atoms with van der Waals surface area (Å²) in [5.41, 5.74) is 2.98. The van der Waals surface area contributed by atoms with Gasteiger partial charge in [0.1, 0.15) is 16.5 Å². The molecule has 0 bridgehead atoms. The second-order valence-corrected chi connectivity index (χ2v) is 12.4. The SMILES string of the molecule is CC(C)c1noc(N2CCC(C(C)Oc3nc4ccc(-c5ccc(NS(C)(=O)=O)cc5)nc4s3)CC2)n1. The Morgan fingerprint density at radius 2 is 1.78 bits per heavy atom. The summed E-state index contributed by atoms with van der Waals surface area (Å²) in [4.78, 5) is 16.8. The van der Waals surface area contributed by atoms with Gasteiger partial charge in [-0.05, 0) is 49.9 Å². The van der Waals surface area contributed by atoms with Crippen molar-refractivity contribution in [3.8, 4) is 16.5 Å². The molecule has 5 rings (SSSR count). The average molecular weight is 543 g/mol. The highest BCUT2D eigenvalue weighted by atomic mass is 32.2. The van der Waals surface area contributed by atoms with Crippen LogP contribution in [0.5, 0.6) is 5.19 Å². The predicted octanol–water partition coefficient (Wildman–Crippen LogP) is 4.92. The lowest BCUT2D eigenvalue weighted by Gasteiger charge is -2.33. The van der Waals surface area contributed by atoms with Crippen LogP contribution in [-0.4, -0.2) is 54.0 Å². The van der Waals surface area contributed by atoms with Gasteiger partial charge in [-0.15, -0.1) is 0 Å². The minimum absolute atomic E-state index is 0.0194. The Kier molecular flexibility index (Phi) is 7.04. The van der Waals surface area contributed by atoms with Crippen LogP contribution in [0.25, 0.3) is 21.6 Å². The van der Waals surface area contributed by atoms with Crippen LogP contribution < -0.4 is 14.4 Å². The molecule has 1 N–H and O–H groups in total. The predicted molar refractivity (Wildman–Crippen MR) is 145 cm³/mol. The molecule has 1 aromatic carbocycles. The number of hydrogen-bond donors (Lipinski definition) is 1. The van der Waals surface area contributed by atoms with Gasteiger partial charge in [-0.1, -0.05) is 42.5 Å². The number of sulfonamides is 1. The number of aromatic nitrogens is 4. The lowest BCUT2D eigenvalue weighted by molar-refractivity contribution is 0.131. The smallest absolute Gasteiger partial charge is 0.324 e. The van der Waals surface area contributed by atoms with E-state index in [0.29, 0.717) is 22.8 Å². The van der Waals surface area contributed by atoms with E-state index in [4.69, 9.17) is 14.2 Å². The zero-order valence-corrected chi connectivity index (χ0v) is 22.8. The largest absolute Gasteiger partial charge is 0.467 e. The number of thiazole rings is 1. The summed E-state index contributed by atoms with van der Waals surface area (Å²) in [6.45, 7) is 7.90. The van der Waals surface area contributed by atoms with Crippen LogP contribution in [0.2, 0.25) is 0 Å². The maximum atomic E-state index is 11.4. The third-order valence-corrected chi connectivity index (χ3v) is 7.89. The van der Waals surface area contributed by atoms with Gasteiger partial charge in [-0.25, -0.2) is 18.4 Å². The topological polar surface area (TPSA) is 123 Å². The van der Waals surface area contributed by atoms with Gasteiger partial charge in [0, 0.05) is 30.3 Å². The fourth-order valence-corrected chi connectivity index (χ4v) is 5.77. The Bertz CT molecular complexity index is 1470. The Labute approximate surface area is 220 Å². The number of nitrogens with zero attached hydrogens (tertiary/aromatic N) is 5. The third-order valence-electron chi connectivity index (χ3n) is 6.43. The molecule has 0 saturated carbocycles. The van der Waals surface area contributed by atoms with Crippen molar-refractivity contribution in [2.75, 3.05) is 29.0 Å². The molecular formula is C25H30N6O4S2. The van der Waals surface area contributed by atoms with E-state index < -0.39 is 10.0 Å². The number of pyridine rings is 1.